The predicted octanol–water partition coefficient (Wildman–Crippen LogP) is 4.40. The van der Waals surface area contributed by atoms with E-state index in [-0.39, 0.29) is 23.9 Å². The molecule has 49 heavy (non-hydrogen) atoms. The van der Waals surface area contributed by atoms with E-state index in [4.69, 9.17) is 9.47 Å². The lowest BCUT2D eigenvalue weighted by molar-refractivity contribution is -0.211. The van der Waals surface area contributed by atoms with Gasteiger partial charge in [0.25, 0.3) is 0 Å². The molecule has 1 saturated heterocycles. The van der Waals surface area contributed by atoms with Crippen LogP contribution < -0.4 is 15.5 Å². The Morgan fingerprint density at radius 1 is 1.02 bits per heavy atom. The standard InChI is InChI=1S/C37H49N3O8S/c1-5-7-18-37(6-2)23-49(45,46)30-17-16-27(40(3)4)20-28(30)31(34(37)43)25-14-11-15-26(19-25)38-36(44)39-35-32(42)33(29(41)22-48-35)47-21-24-12-9-8-10-13-24/h8-17,19-20,29,31-35,41-43H,5-7,18,21-23H2,1-4H3,(H2,38,39,44)/t29-,31-,32-,33+,34-,35?,37-/m1/s1. The first kappa shape index (κ1) is 36.8. The molecule has 12 heteroatoms. The minimum Gasteiger partial charge on any atom is -0.392 e. The number of nitrogens with one attached hydrogen (secondary N) is 2. The molecule has 0 aromatic heterocycles. The van der Waals surface area contributed by atoms with Gasteiger partial charge in [-0.15, -0.1) is 0 Å². The van der Waals surface area contributed by atoms with E-state index in [1.807, 2.05) is 75.3 Å². The van der Waals surface area contributed by atoms with Crippen molar-refractivity contribution in [2.45, 2.75) is 87.6 Å². The Bertz CT molecular complexity index is 1690. The maximum atomic E-state index is 14.0. The molecule has 3 aromatic carbocycles. The number of fused-ring (bicyclic) bond motifs is 1. The Morgan fingerprint density at radius 3 is 2.47 bits per heavy atom. The number of ether oxygens (including phenoxy) is 2. The summed E-state index contributed by atoms with van der Waals surface area (Å²) < 4.78 is 39.3. The number of aliphatic hydroxyl groups excluding tert-OH is 3. The van der Waals surface area contributed by atoms with Gasteiger partial charge in [0.05, 0.1) is 30.0 Å². The van der Waals surface area contributed by atoms with Gasteiger partial charge in [0.2, 0.25) is 0 Å². The molecule has 0 saturated carbocycles. The number of sulfone groups is 1. The maximum absolute atomic E-state index is 14.0. The highest BCUT2D eigenvalue weighted by atomic mass is 32.2. The molecule has 2 aliphatic heterocycles. The van der Waals surface area contributed by atoms with E-state index >= 15 is 0 Å². The number of hydrogen-bond acceptors (Lipinski definition) is 9. The second-order valence-electron chi connectivity index (χ2n) is 13.4. The predicted molar refractivity (Wildman–Crippen MR) is 188 cm³/mol. The molecule has 0 radical (unpaired) electrons. The molecule has 266 valence electrons. The topological polar surface area (TPSA) is 158 Å². The quantitative estimate of drug-likeness (QED) is 0.196. The van der Waals surface area contributed by atoms with Gasteiger partial charge in [-0.05, 0) is 59.9 Å². The van der Waals surface area contributed by atoms with Crippen LogP contribution in [0, 0.1) is 5.41 Å². The summed E-state index contributed by atoms with van der Waals surface area (Å²) in [5.41, 5.74) is 2.37. The van der Waals surface area contributed by atoms with Crippen molar-refractivity contribution < 1.29 is 38.0 Å². The molecule has 0 aliphatic carbocycles. The Balaban J connectivity index is 1.40. The summed E-state index contributed by atoms with van der Waals surface area (Å²) in [5.74, 6) is -0.849. The fourth-order valence-electron chi connectivity index (χ4n) is 7.01. The number of anilines is 2. The molecular weight excluding hydrogens is 646 g/mol. The summed E-state index contributed by atoms with van der Waals surface area (Å²) in [5, 5.41) is 39.1. The molecule has 5 N–H and O–H groups in total. The third kappa shape index (κ3) is 8.11. The third-order valence-corrected chi connectivity index (χ3v) is 11.9. The lowest BCUT2D eigenvalue weighted by Gasteiger charge is -2.39. The van der Waals surface area contributed by atoms with Crippen molar-refractivity contribution in [1.82, 2.24) is 5.32 Å². The van der Waals surface area contributed by atoms with Crippen LogP contribution in [0.1, 0.15) is 62.1 Å². The highest BCUT2D eigenvalue weighted by molar-refractivity contribution is 7.91. The smallest absolute Gasteiger partial charge is 0.321 e. The van der Waals surface area contributed by atoms with Crippen molar-refractivity contribution >= 4 is 27.2 Å². The highest BCUT2D eigenvalue weighted by Gasteiger charge is 2.49. The van der Waals surface area contributed by atoms with Crippen LogP contribution in [0.4, 0.5) is 16.2 Å². The van der Waals surface area contributed by atoms with Crippen molar-refractivity contribution in [1.29, 1.82) is 0 Å². The Kier molecular flexibility index (Phi) is 11.7. The molecule has 0 bridgehead atoms. The van der Waals surface area contributed by atoms with Gasteiger partial charge in [-0.2, -0.15) is 0 Å². The molecule has 2 heterocycles. The molecule has 11 nitrogen and oxygen atoms in total. The number of unbranched alkanes of at least 4 members (excludes halogenated alkanes) is 1. The summed E-state index contributed by atoms with van der Waals surface area (Å²) in [7, 11) is 0.0105. The third-order valence-electron chi connectivity index (χ3n) is 9.87. The van der Waals surface area contributed by atoms with E-state index in [2.05, 4.69) is 10.6 Å². The van der Waals surface area contributed by atoms with Crippen molar-refractivity contribution in [2.24, 2.45) is 5.41 Å². The number of carbonyl (C=O) groups excluding carboxylic acids is 1. The lowest BCUT2D eigenvalue weighted by Crippen LogP contribution is -2.60. The minimum absolute atomic E-state index is 0.148. The van der Waals surface area contributed by atoms with Gasteiger partial charge in [-0.3, -0.25) is 0 Å². The summed E-state index contributed by atoms with van der Waals surface area (Å²) >= 11 is 0. The van der Waals surface area contributed by atoms with Gasteiger partial charge in [0, 0.05) is 36.8 Å². The largest absolute Gasteiger partial charge is 0.392 e. The zero-order valence-corrected chi connectivity index (χ0v) is 29.4. The number of benzene rings is 3. The van der Waals surface area contributed by atoms with E-state index in [1.54, 1.807) is 30.3 Å². The van der Waals surface area contributed by atoms with E-state index in [0.717, 1.165) is 24.1 Å². The number of urea groups is 1. The van der Waals surface area contributed by atoms with Crippen LogP contribution in [0.5, 0.6) is 0 Å². The molecule has 7 atom stereocenters. The Labute approximate surface area is 289 Å². The van der Waals surface area contributed by atoms with Crippen molar-refractivity contribution in [3.05, 3.63) is 89.5 Å². The maximum Gasteiger partial charge on any atom is 0.321 e. The van der Waals surface area contributed by atoms with Gasteiger partial charge in [0.15, 0.2) is 16.1 Å². The number of hydrogen-bond donors (Lipinski definition) is 5. The Morgan fingerprint density at radius 2 is 1.78 bits per heavy atom. The van der Waals surface area contributed by atoms with Crippen molar-refractivity contribution in [3.63, 3.8) is 0 Å². The number of nitrogens with zero attached hydrogens (tertiary/aromatic N) is 1. The van der Waals surface area contributed by atoms with Crippen molar-refractivity contribution in [3.8, 4) is 0 Å². The van der Waals surface area contributed by atoms with Crippen LogP contribution in [0.25, 0.3) is 0 Å². The zero-order chi connectivity index (χ0) is 35.3. The van der Waals surface area contributed by atoms with Gasteiger partial charge in [-0.25, -0.2) is 13.2 Å². The van der Waals surface area contributed by atoms with Gasteiger partial charge in [-0.1, -0.05) is 69.2 Å². The zero-order valence-electron chi connectivity index (χ0n) is 28.6. The summed E-state index contributed by atoms with van der Waals surface area (Å²) in [4.78, 5) is 15.3. The van der Waals surface area contributed by atoms with Crippen LogP contribution in [0.3, 0.4) is 0 Å². The average Bonchev–Trinajstić information content (AvgIpc) is 3.15. The highest BCUT2D eigenvalue weighted by Crippen LogP contribution is 2.49. The normalized spacial score (nSPS) is 27.8. The van der Waals surface area contributed by atoms with E-state index in [9.17, 15) is 28.5 Å². The van der Waals surface area contributed by atoms with Crippen LogP contribution >= 0.6 is 0 Å². The average molecular weight is 696 g/mol. The van der Waals surface area contributed by atoms with Crippen LogP contribution in [-0.2, 0) is 25.9 Å². The SMILES string of the molecule is CCCC[C@]1(CC)CS(=O)(=O)c2ccc(N(C)C)cc2[C@@H](c2cccc(NC(=O)NC3OC[C@@H](O)[C@H](OCc4ccccc4)[C@H]3O)c2)[C@H]1O. The first-order valence-corrected chi connectivity index (χ1v) is 18.6. The van der Waals surface area contributed by atoms with E-state index < -0.39 is 57.8 Å². The number of amides is 2. The molecular formula is C37H49N3O8S. The van der Waals surface area contributed by atoms with Gasteiger partial charge >= 0.3 is 6.03 Å². The molecule has 1 fully saturated rings. The second kappa shape index (κ2) is 15.6. The number of aliphatic hydroxyl groups is 3. The second-order valence-corrected chi connectivity index (χ2v) is 15.4. The molecule has 0 spiro atoms. The fourth-order valence-corrected chi connectivity index (χ4v) is 9.26. The molecule has 5 rings (SSSR count). The summed E-state index contributed by atoms with van der Waals surface area (Å²) in [6.45, 7) is 4.00. The molecule has 3 aromatic rings. The van der Waals surface area contributed by atoms with Gasteiger partial charge < -0.3 is 40.3 Å². The minimum atomic E-state index is -3.75. The number of carbonyl (C=O) groups is 1. The first-order chi connectivity index (χ1) is 23.4. The van der Waals surface area contributed by atoms with Crippen LogP contribution in [0.15, 0.2) is 77.7 Å². The lowest BCUT2D eigenvalue weighted by atomic mass is 9.69. The molecule has 2 amide bonds. The van der Waals surface area contributed by atoms with Crippen molar-refractivity contribution in [2.75, 3.05) is 36.7 Å². The van der Waals surface area contributed by atoms with Crippen LogP contribution in [-0.4, -0.2) is 86.9 Å². The summed E-state index contributed by atoms with van der Waals surface area (Å²) in [6.07, 6.45) is -2.92. The van der Waals surface area contributed by atoms with Crippen LogP contribution in [0.2, 0.25) is 0 Å². The Hall–Kier alpha value is -3.52. The first-order valence-electron chi connectivity index (χ1n) is 16.9. The molecule has 1 unspecified atom stereocenters. The fraction of sp³-hybridized carbons (Fsp3) is 0.486. The monoisotopic (exact) mass is 695 g/mol. The van der Waals surface area contributed by atoms with E-state index in [0.29, 0.717) is 29.7 Å². The van der Waals surface area contributed by atoms with E-state index in [1.165, 1.54) is 0 Å². The number of rotatable bonds is 11. The van der Waals surface area contributed by atoms with Gasteiger partial charge in [0.1, 0.15) is 18.3 Å². The molecule has 2 aliphatic rings. The summed E-state index contributed by atoms with van der Waals surface area (Å²) in [6, 6.07) is 21.0.